The van der Waals surface area contributed by atoms with Crippen molar-refractivity contribution in [3.05, 3.63) is 53.0 Å². The summed E-state index contributed by atoms with van der Waals surface area (Å²) in [6.07, 6.45) is 5.02. The number of aromatic nitrogens is 4. The van der Waals surface area contributed by atoms with Gasteiger partial charge in [-0.05, 0) is 30.5 Å². The van der Waals surface area contributed by atoms with E-state index in [2.05, 4.69) is 25.4 Å². The molecular weight excluding hydrogens is 532 g/mol. The van der Waals surface area contributed by atoms with Gasteiger partial charge < -0.3 is 5.32 Å². The Morgan fingerprint density at radius 2 is 1.87 bits per heavy atom. The molecule has 0 aliphatic carbocycles. The molecule has 1 aliphatic heterocycles. The van der Waals surface area contributed by atoms with Crippen molar-refractivity contribution in [2.24, 2.45) is 5.10 Å². The number of sulfonamides is 1. The van der Waals surface area contributed by atoms with Crippen molar-refractivity contribution in [2.45, 2.75) is 45.7 Å². The van der Waals surface area contributed by atoms with Crippen LogP contribution in [0.4, 0.5) is 23.4 Å². The summed E-state index contributed by atoms with van der Waals surface area (Å²) in [6, 6.07) is 1.11. The van der Waals surface area contributed by atoms with Gasteiger partial charge in [0.25, 0.3) is 5.91 Å². The molecule has 1 amide bonds. The number of amidine groups is 1. The molecule has 0 bridgehead atoms. The summed E-state index contributed by atoms with van der Waals surface area (Å²) < 4.78 is 79.4. The third-order valence-corrected chi connectivity index (χ3v) is 7.30. The van der Waals surface area contributed by atoms with Gasteiger partial charge in [-0.1, -0.05) is 13.8 Å². The predicted octanol–water partition coefficient (Wildman–Crippen LogP) is 2.76. The Kier molecular flexibility index (Phi) is 7.27. The largest absolute Gasteiger partial charge is 0.516 e. The molecule has 0 saturated carbocycles. The zero-order valence-corrected chi connectivity index (χ0v) is 21.4. The van der Waals surface area contributed by atoms with Gasteiger partial charge in [0.1, 0.15) is 11.5 Å². The molecule has 0 spiro atoms. The van der Waals surface area contributed by atoms with E-state index in [1.807, 2.05) is 13.8 Å². The topological polar surface area (TPSA) is 125 Å². The number of pyridine rings is 1. The van der Waals surface area contributed by atoms with Gasteiger partial charge in [0.2, 0.25) is 5.78 Å². The third-order valence-electron chi connectivity index (χ3n) is 5.74. The van der Waals surface area contributed by atoms with Crippen LogP contribution >= 0.6 is 0 Å². The average Bonchev–Trinajstić information content (AvgIpc) is 3.24. The molecule has 4 heterocycles. The summed E-state index contributed by atoms with van der Waals surface area (Å²) in [5.74, 6) is -1.58. The number of aryl methyl sites for hydroxylation is 2. The SMILES string of the molecule is CCC1=NN(c2ncc(CNC(=O)c3c(CC)nc4ncc(C)cn34)cc2F)CCN1S(=O)(=O)C(F)(F)F. The highest BCUT2D eigenvalue weighted by Crippen LogP contribution is 2.30. The van der Waals surface area contributed by atoms with Gasteiger partial charge in [0, 0.05) is 31.6 Å². The lowest BCUT2D eigenvalue weighted by Crippen LogP contribution is -2.51. The number of hydrogen-bond donors (Lipinski definition) is 1. The van der Waals surface area contributed by atoms with Crippen LogP contribution < -0.4 is 10.3 Å². The molecule has 3 aromatic heterocycles. The third kappa shape index (κ3) is 4.99. The number of carbonyl (C=O) groups excluding carboxylic acids is 1. The number of alkyl halides is 3. The molecule has 204 valence electrons. The zero-order chi connectivity index (χ0) is 27.8. The first kappa shape index (κ1) is 27.2. The fraction of sp³-hybridized carbons (Fsp3) is 0.409. The van der Waals surface area contributed by atoms with E-state index in [4.69, 9.17) is 0 Å². The van der Waals surface area contributed by atoms with E-state index < -0.39 is 39.6 Å². The van der Waals surface area contributed by atoms with E-state index in [1.54, 1.807) is 16.8 Å². The fourth-order valence-corrected chi connectivity index (χ4v) is 4.94. The summed E-state index contributed by atoms with van der Waals surface area (Å²) in [6.45, 7) is 4.12. The number of nitrogens with one attached hydrogen (secondary N) is 1. The van der Waals surface area contributed by atoms with Crippen LogP contribution in [0.3, 0.4) is 0 Å². The first-order chi connectivity index (χ1) is 17.9. The minimum absolute atomic E-state index is 0.0697. The van der Waals surface area contributed by atoms with E-state index in [0.717, 1.165) is 16.6 Å². The number of fused-ring (bicyclic) bond motifs is 1. The van der Waals surface area contributed by atoms with Crippen LogP contribution in [-0.4, -0.2) is 62.4 Å². The summed E-state index contributed by atoms with van der Waals surface area (Å²) in [5, 5.41) is 7.62. The van der Waals surface area contributed by atoms with Crippen molar-refractivity contribution in [3.8, 4) is 0 Å². The highest BCUT2D eigenvalue weighted by atomic mass is 32.2. The molecule has 16 heteroatoms. The molecule has 0 radical (unpaired) electrons. The molecule has 0 fully saturated rings. The van der Waals surface area contributed by atoms with Gasteiger partial charge in [0.05, 0.1) is 18.8 Å². The highest BCUT2D eigenvalue weighted by Gasteiger charge is 2.51. The molecule has 3 aromatic rings. The number of anilines is 1. The van der Waals surface area contributed by atoms with Crippen molar-refractivity contribution in [1.29, 1.82) is 0 Å². The number of hydrogen-bond acceptors (Lipinski definition) is 8. The lowest BCUT2D eigenvalue weighted by Gasteiger charge is -2.33. The molecule has 0 unspecified atom stereocenters. The molecule has 38 heavy (non-hydrogen) atoms. The van der Waals surface area contributed by atoms with Gasteiger partial charge in [-0.3, -0.25) is 9.20 Å². The smallest absolute Gasteiger partial charge is 0.347 e. The molecule has 0 atom stereocenters. The first-order valence-electron chi connectivity index (χ1n) is 11.6. The molecular formula is C22H24F4N8O3S. The van der Waals surface area contributed by atoms with Crippen LogP contribution in [0.2, 0.25) is 0 Å². The zero-order valence-electron chi connectivity index (χ0n) is 20.6. The molecule has 1 aliphatic rings. The number of hydrazone groups is 1. The maximum absolute atomic E-state index is 14.9. The Labute approximate surface area is 215 Å². The van der Waals surface area contributed by atoms with Crippen molar-refractivity contribution >= 4 is 33.4 Å². The van der Waals surface area contributed by atoms with Crippen LogP contribution in [0.25, 0.3) is 5.78 Å². The second kappa shape index (κ2) is 10.2. The van der Waals surface area contributed by atoms with Crippen LogP contribution in [0.1, 0.15) is 47.6 Å². The van der Waals surface area contributed by atoms with E-state index in [0.29, 0.717) is 29.1 Å². The fourth-order valence-electron chi connectivity index (χ4n) is 3.92. The van der Waals surface area contributed by atoms with Gasteiger partial charge in [-0.25, -0.2) is 28.7 Å². The van der Waals surface area contributed by atoms with Gasteiger partial charge in [-0.2, -0.15) is 26.7 Å². The maximum atomic E-state index is 14.9. The second-order valence-electron chi connectivity index (χ2n) is 8.41. The second-order valence-corrected chi connectivity index (χ2v) is 10.3. The van der Waals surface area contributed by atoms with Gasteiger partial charge in [-0.15, -0.1) is 0 Å². The standard InChI is InChI=1S/C22H24F4N8O3S/c1-4-16-18(32-12-13(3)9-29-21(32)30-16)20(35)28-11-14-8-15(23)19(27-10-14)33-6-7-34(17(5-2)31-33)38(36,37)22(24,25)26/h8-10,12H,4-7,11H2,1-3H3,(H,28,35). The Hall–Kier alpha value is -3.82. The van der Waals surface area contributed by atoms with Gasteiger partial charge in [0.15, 0.2) is 11.6 Å². The number of halogens is 4. The molecule has 1 N–H and O–H groups in total. The number of nitrogens with zero attached hydrogens (tertiary/aromatic N) is 7. The van der Waals surface area contributed by atoms with Crippen molar-refractivity contribution < 1.29 is 30.8 Å². The predicted molar refractivity (Wildman–Crippen MR) is 129 cm³/mol. The van der Waals surface area contributed by atoms with Crippen LogP contribution in [0.15, 0.2) is 29.8 Å². The van der Waals surface area contributed by atoms with Gasteiger partial charge >= 0.3 is 15.5 Å². The van der Waals surface area contributed by atoms with Crippen LogP contribution in [0.5, 0.6) is 0 Å². The minimum Gasteiger partial charge on any atom is -0.347 e. The Balaban J connectivity index is 1.51. The van der Waals surface area contributed by atoms with E-state index in [9.17, 15) is 30.8 Å². The number of imidazole rings is 1. The minimum atomic E-state index is -5.63. The number of carbonyl (C=O) groups is 1. The molecule has 0 saturated heterocycles. The monoisotopic (exact) mass is 556 g/mol. The van der Waals surface area contributed by atoms with Crippen LogP contribution in [0, 0.1) is 12.7 Å². The lowest BCUT2D eigenvalue weighted by atomic mass is 10.2. The Morgan fingerprint density at radius 3 is 2.50 bits per heavy atom. The summed E-state index contributed by atoms with van der Waals surface area (Å²) in [5.41, 5.74) is -3.47. The van der Waals surface area contributed by atoms with E-state index in [-0.39, 0.29) is 29.6 Å². The first-order valence-corrected chi connectivity index (χ1v) is 13.0. The normalized spacial score (nSPS) is 14.7. The summed E-state index contributed by atoms with van der Waals surface area (Å²) in [4.78, 5) is 25.6. The molecule has 11 nitrogen and oxygen atoms in total. The van der Waals surface area contributed by atoms with Crippen LogP contribution in [-0.2, 0) is 23.0 Å². The number of amides is 1. The Morgan fingerprint density at radius 1 is 1.13 bits per heavy atom. The van der Waals surface area contributed by atoms with Crippen molar-refractivity contribution in [1.82, 2.24) is 29.0 Å². The Bertz CT molecular complexity index is 1520. The molecule has 0 aromatic carbocycles. The summed E-state index contributed by atoms with van der Waals surface area (Å²) >= 11 is 0. The highest BCUT2D eigenvalue weighted by molar-refractivity contribution is 7.90. The van der Waals surface area contributed by atoms with Crippen molar-refractivity contribution in [2.75, 3.05) is 18.1 Å². The maximum Gasteiger partial charge on any atom is 0.516 e. The van der Waals surface area contributed by atoms with E-state index in [1.165, 1.54) is 13.1 Å². The van der Waals surface area contributed by atoms with Crippen molar-refractivity contribution in [3.63, 3.8) is 0 Å². The van der Waals surface area contributed by atoms with E-state index >= 15 is 0 Å². The number of rotatable bonds is 7. The molecule has 4 rings (SSSR count). The quantitative estimate of drug-likeness (QED) is 0.444. The summed E-state index contributed by atoms with van der Waals surface area (Å²) in [7, 11) is -5.63. The lowest BCUT2D eigenvalue weighted by molar-refractivity contribution is -0.0473. The average molecular weight is 557 g/mol.